The van der Waals surface area contributed by atoms with Gasteiger partial charge in [0.15, 0.2) is 0 Å². The van der Waals surface area contributed by atoms with E-state index in [2.05, 4.69) is 25.2 Å². The fourth-order valence-corrected chi connectivity index (χ4v) is 10.5. The van der Waals surface area contributed by atoms with Crippen molar-refractivity contribution in [3.05, 3.63) is 84.0 Å². The largest absolute Gasteiger partial charge is 0.463 e. The first-order valence-electron chi connectivity index (χ1n) is 23.4. The van der Waals surface area contributed by atoms with Gasteiger partial charge in [0.05, 0.1) is 73.1 Å². The van der Waals surface area contributed by atoms with Gasteiger partial charge >= 0.3 is 12.2 Å². The minimum Gasteiger partial charge on any atom is -0.463 e. The van der Waals surface area contributed by atoms with Crippen LogP contribution in [0.4, 0.5) is 14.0 Å². The molecular weight excluding hydrogens is 874 g/mol. The number of H-pyrrole nitrogens is 2. The van der Waals surface area contributed by atoms with E-state index in [0.717, 1.165) is 72.3 Å². The molecule has 0 aliphatic carbocycles. The molecule has 19 heteroatoms. The van der Waals surface area contributed by atoms with Crippen molar-refractivity contribution in [3.63, 3.8) is 0 Å². The molecule has 356 valence electrons. The zero-order valence-electron chi connectivity index (χ0n) is 39.0. The van der Waals surface area contributed by atoms with Gasteiger partial charge in [0, 0.05) is 42.6 Å². The molecule has 68 heavy (non-hydrogen) atoms. The summed E-state index contributed by atoms with van der Waals surface area (Å²) in [7, 11) is 2.54. The van der Waals surface area contributed by atoms with Crippen molar-refractivity contribution in [2.45, 2.75) is 103 Å². The van der Waals surface area contributed by atoms with Crippen molar-refractivity contribution in [1.29, 1.82) is 0 Å². The molecule has 8 heterocycles. The summed E-state index contributed by atoms with van der Waals surface area (Å²) >= 11 is 0. The molecular formula is C49H56FN11O7. The Labute approximate surface area is 391 Å². The molecule has 4 amide bonds. The number of amides is 4. The van der Waals surface area contributed by atoms with Gasteiger partial charge in [-0.15, -0.1) is 0 Å². The highest BCUT2D eigenvalue weighted by molar-refractivity contribution is 5.93. The van der Waals surface area contributed by atoms with E-state index < -0.39 is 36.3 Å². The van der Waals surface area contributed by atoms with Gasteiger partial charge in [0.2, 0.25) is 18.0 Å². The number of nitrogens with zero attached hydrogens (tertiary/aromatic N) is 7. The number of methoxy groups -OCH3 is 2. The summed E-state index contributed by atoms with van der Waals surface area (Å²) in [6.07, 6.45) is 8.06. The molecule has 5 atom stereocenters. The number of hydrogen-bond donors (Lipinski definition) is 4. The van der Waals surface area contributed by atoms with Gasteiger partial charge < -0.3 is 49.2 Å². The fraction of sp³-hybridized carbons (Fsp3) is 0.449. The predicted octanol–water partition coefficient (Wildman–Crippen LogP) is 7.40. The lowest BCUT2D eigenvalue weighted by Gasteiger charge is -2.31. The molecule has 4 N–H and O–H groups in total. The molecule has 10 rings (SSSR count). The smallest absolute Gasteiger partial charge is 0.407 e. The lowest BCUT2D eigenvalue weighted by atomic mass is 10.0. The lowest BCUT2D eigenvalue weighted by Crippen LogP contribution is -2.51. The fourth-order valence-electron chi connectivity index (χ4n) is 10.5. The molecule has 0 radical (unpaired) electrons. The first kappa shape index (κ1) is 44.6. The highest BCUT2D eigenvalue weighted by Gasteiger charge is 2.40. The minimum atomic E-state index is -0.774. The summed E-state index contributed by atoms with van der Waals surface area (Å²) in [6.45, 7) is 9.35. The van der Waals surface area contributed by atoms with Crippen LogP contribution in [0.25, 0.3) is 44.7 Å². The number of aromatic nitrogens is 7. The third-order valence-electron chi connectivity index (χ3n) is 13.9. The van der Waals surface area contributed by atoms with E-state index in [0.29, 0.717) is 59.4 Å². The van der Waals surface area contributed by atoms with Crippen LogP contribution in [0.2, 0.25) is 0 Å². The number of imidazole rings is 3. The SMILES string of the molecule is COC(=O)N[C@H](C(=O)N1CCC[C@H]1c1ncc(-c2cc(F)c3c(c2)OC(c2cnc4n2CCC4)n2c-3cc3cc(-c4cnc([C@@H]5CCCN5C(=O)[C@@H](NC(=O)OC)C(C)C)[nH]4)ccc32)[nH]1)C(C)C. The normalized spacial score (nSPS) is 19.5. The Hall–Kier alpha value is -7.18. The number of ether oxygens (including phenoxy) is 3. The number of aromatic amines is 2. The quantitative estimate of drug-likeness (QED) is 0.101. The monoisotopic (exact) mass is 929 g/mol. The first-order valence-corrected chi connectivity index (χ1v) is 23.4. The Morgan fingerprint density at radius 3 is 1.94 bits per heavy atom. The second-order valence-corrected chi connectivity index (χ2v) is 18.8. The minimum absolute atomic E-state index is 0.154. The molecule has 1 unspecified atom stereocenters. The molecule has 4 aliphatic rings. The Morgan fingerprint density at radius 2 is 1.35 bits per heavy atom. The Kier molecular flexibility index (Phi) is 11.7. The Morgan fingerprint density at radius 1 is 0.750 bits per heavy atom. The number of carbonyl (C=O) groups is 4. The number of aryl methyl sites for hydroxylation is 1. The molecule has 2 saturated heterocycles. The lowest BCUT2D eigenvalue weighted by molar-refractivity contribution is -0.136. The van der Waals surface area contributed by atoms with Crippen molar-refractivity contribution in [1.82, 2.24) is 54.5 Å². The molecule has 6 aromatic rings. The molecule has 0 spiro atoms. The van der Waals surface area contributed by atoms with Gasteiger partial charge in [0.1, 0.15) is 46.8 Å². The maximum atomic E-state index is 16.9. The van der Waals surface area contributed by atoms with Gasteiger partial charge in [0.25, 0.3) is 0 Å². The van der Waals surface area contributed by atoms with Gasteiger partial charge in [-0.2, -0.15) is 0 Å². The van der Waals surface area contributed by atoms with Gasteiger partial charge in [-0.1, -0.05) is 33.8 Å². The van der Waals surface area contributed by atoms with Gasteiger partial charge in [-0.25, -0.2) is 28.9 Å². The van der Waals surface area contributed by atoms with E-state index in [1.807, 2.05) is 68.8 Å². The zero-order valence-corrected chi connectivity index (χ0v) is 39.0. The highest BCUT2D eigenvalue weighted by Crippen LogP contribution is 2.48. The van der Waals surface area contributed by atoms with Crippen LogP contribution in [-0.4, -0.2) is 107 Å². The number of fused-ring (bicyclic) bond motifs is 6. The van der Waals surface area contributed by atoms with Crippen LogP contribution in [0.1, 0.15) is 101 Å². The molecule has 0 saturated carbocycles. The summed E-state index contributed by atoms with van der Waals surface area (Å²) < 4.78 is 37.7. The molecule has 18 nitrogen and oxygen atoms in total. The van der Waals surface area contributed by atoms with E-state index in [1.165, 1.54) is 20.3 Å². The van der Waals surface area contributed by atoms with Gasteiger partial charge in [-0.3, -0.25) is 14.2 Å². The van der Waals surface area contributed by atoms with Crippen molar-refractivity contribution in [3.8, 4) is 39.5 Å². The molecule has 4 aromatic heterocycles. The summed E-state index contributed by atoms with van der Waals surface area (Å²) in [5.74, 6) is 1.37. The number of halogens is 1. The van der Waals surface area contributed by atoms with Crippen molar-refractivity contribution < 1.29 is 37.8 Å². The summed E-state index contributed by atoms with van der Waals surface area (Å²) in [5, 5.41) is 6.25. The van der Waals surface area contributed by atoms with Crippen molar-refractivity contribution >= 4 is 34.9 Å². The van der Waals surface area contributed by atoms with Crippen LogP contribution in [0, 0.1) is 17.7 Å². The number of rotatable bonds is 11. The van der Waals surface area contributed by atoms with E-state index >= 15 is 4.39 Å². The van der Waals surface area contributed by atoms with Crippen molar-refractivity contribution in [2.75, 3.05) is 27.3 Å². The number of alkyl carbamates (subject to hydrolysis) is 2. The van der Waals surface area contributed by atoms with Crippen LogP contribution in [0.15, 0.2) is 55.0 Å². The van der Waals surface area contributed by atoms with Crippen molar-refractivity contribution in [2.24, 2.45) is 11.8 Å². The standard InChI is InChI=1S/C49H56FN11O7/c1-25(2)41(56-48(64)66-5)45(62)59-16-7-10-34(59)43-52-22-31(54-43)27-13-14-33-29(18-27)20-36-40-30(50)19-28(21-38(40)68-47(61(33)36)37-24-51-39-12-9-15-58(37)39)32-23-53-44(55-32)35-11-8-17-60(35)46(63)42(26(3)4)57-49(65)67-6/h13-14,18-26,34-35,41-42,47H,7-12,15-17H2,1-6H3,(H,52,54)(H,53,55)(H,56,64)(H,57,65)/t34-,35-,41-,42-,47?/m0/s1. The number of benzene rings is 2. The second kappa shape index (κ2) is 17.8. The summed E-state index contributed by atoms with van der Waals surface area (Å²) in [6, 6.07) is 9.19. The van der Waals surface area contributed by atoms with Crippen LogP contribution < -0.4 is 15.4 Å². The topological polar surface area (TPSA) is 207 Å². The average Bonchev–Trinajstić information content (AvgIpc) is 4.18. The summed E-state index contributed by atoms with van der Waals surface area (Å²) in [5.41, 5.74) is 5.40. The predicted molar refractivity (Wildman–Crippen MR) is 248 cm³/mol. The third-order valence-corrected chi connectivity index (χ3v) is 13.9. The number of hydrogen-bond acceptors (Lipinski definition) is 10. The van der Waals surface area contributed by atoms with Crippen LogP contribution in [0.3, 0.4) is 0 Å². The number of carbonyl (C=O) groups excluding carboxylic acids is 4. The van der Waals surface area contributed by atoms with E-state index in [4.69, 9.17) is 29.2 Å². The van der Waals surface area contributed by atoms with E-state index in [9.17, 15) is 19.2 Å². The average molecular weight is 930 g/mol. The number of nitrogens with one attached hydrogen (secondary N) is 4. The Bertz CT molecular complexity index is 2930. The highest BCUT2D eigenvalue weighted by atomic mass is 19.1. The van der Waals surface area contributed by atoms with E-state index in [-0.39, 0.29) is 35.7 Å². The maximum Gasteiger partial charge on any atom is 0.407 e. The molecule has 2 aromatic carbocycles. The molecule has 0 bridgehead atoms. The van der Waals surface area contributed by atoms with Gasteiger partial charge in [-0.05, 0) is 74.3 Å². The van der Waals surface area contributed by atoms with Crippen LogP contribution >= 0.6 is 0 Å². The summed E-state index contributed by atoms with van der Waals surface area (Å²) in [4.78, 5) is 76.5. The Balaban J connectivity index is 0.970. The second-order valence-electron chi connectivity index (χ2n) is 18.8. The zero-order chi connectivity index (χ0) is 47.5. The maximum absolute atomic E-state index is 16.9. The molecule has 2 fully saturated rings. The molecule has 4 aliphatic heterocycles. The first-order chi connectivity index (χ1) is 32.8. The third kappa shape index (κ3) is 7.80. The van der Waals surface area contributed by atoms with E-state index in [1.54, 1.807) is 22.2 Å². The number of likely N-dealkylation sites (tertiary alicyclic amines) is 2. The van der Waals surface area contributed by atoms with Crippen LogP contribution in [-0.2, 0) is 32.0 Å². The van der Waals surface area contributed by atoms with Crippen LogP contribution in [0.5, 0.6) is 5.75 Å².